The molecule has 0 spiro atoms. The van der Waals surface area contributed by atoms with Gasteiger partial charge in [-0.25, -0.2) is 0 Å². The molecule has 0 aromatic heterocycles. The maximum atomic E-state index is 4.67. The molecule has 2 unspecified atom stereocenters. The predicted octanol–water partition coefficient (Wildman–Crippen LogP) is 6.24. The SMILES string of the molecule is CCCCC1CC=CCCC=CCC(CCCC)N=N1. The Morgan fingerprint density at radius 1 is 0.750 bits per heavy atom. The second kappa shape index (κ2) is 11.9. The first kappa shape index (κ1) is 17.1. The Labute approximate surface area is 125 Å². The summed E-state index contributed by atoms with van der Waals surface area (Å²) in [6, 6.07) is 0.803. The van der Waals surface area contributed by atoms with Crippen molar-refractivity contribution in [2.24, 2.45) is 10.2 Å². The van der Waals surface area contributed by atoms with Gasteiger partial charge in [0.2, 0.25) is 0 Å². The van der Waals surface area contributed by atoms with Crippen LogP contribution in [0.4, 0.5) is 0 Å². The van der Waals surface area contributed by atoms with Gasteiger partial charge in [0.05, 0.1) is 12.1 Å². The fourth-order valence-electron chi connectivity index (χ4n) is 2.45. The molecule has 0 saturated carbocycles. The van der Waals surface area contributed by atoms with Gasteiger partial charge in [-0.1, -0.05) is 63.8 Å². The summed E-state index contributed by atoms with van der Waals surface area (Å²) in [4.78, 5) is 0. The van der Waals surface area contributed by atoms with E-state index in [2.05, 4.69) is 48.4 Å². The second-order valence-corrected chi connectivity index (χ2v) is 5.81. The van der Waals surface area contributed by atoms with Crippen molar-refractivity contribution in [3.63, 3.8) is 0 Å². The molecule has 2 heteroatoms. The first-order valence-corrected chi connectivity index (χ1v) is 8.56. The average molecular weight is 276 g/mol. The van der Waals surface area contributed by atoms with E-state index < -0.39 is 0 Å². The lowest BCUT2D eigenvalue weighted by molar-refractivity contribution is 0.503. The minimum atomic E-state index is 0.402. The summed E-state index contributed by atoms with van der Waals surface area (Å²) in [6.07, 6.45) is 21.0. The zero-order valence-corrected chi connectivity index (χ0v) is 13.4. The summed E-state index contributed by atoms with van der Waals surface area (Å²) in [7, 11) is 0. The summed E-state index contributed by atoms with van der Waals surface area (Å²) in [5.74, 6) is 0. The van der Waals surface area contributed by atoms with Crippen LogP contribution >= 0.6 is 0 Å². The molecule has 0 radical (unpaired) electrons. The van der Waals surface area contributed by atoms with Crippen molar-refractivity contribution in [1.82, 2.24) is 0 Å². The summed E-state index contributed by atoms with van der Waals surface area (Å²) in [5, 5.41) is 9.34. The van der Waals surface area contributed by atoms with E-state index >= 15 is 0 Å². The largest absolute Gasteiger partial charge is 0.190 e. The number of azo groups is 1. The second-order valence-electron chi connectivity index (χ2n) is 5.81. The van der Waals surface area contributed by atoms with Crippen LogP contribution in [0.2, 0.25) is 0 Å². The van der Waals surface area contributed by atoms with Gasteiger partial charge in [0.25, 0.3) is 0 Å². The van der Waals surface area contributed by atoms with Crippen LogP contribution in [-0.2, 0) is 0 Å². The lowest BCUT2D eigenvalue weighted by atomic mass is 10.1. The Morgan fingerprint density at radius 2 is 1.20 bits per heavy atom. The van der Waals surface area contributed by atoms with Crippen LogP contribution in [0.3, 0.4) is 0 Å². The number of hydrogen-bond acceptors (Lipinski definition) is 2. The van der Waals surface area contributed by atoms with Gasteiger partial charge in [-0.2, -0.15) is 10.2 Å². The normalized spacial score (nSPS) is 24.3. The van der Waals surface area contributed by atoms with Gasteiger partial charge in [-0.05, 0) is 38.5 Å². The Balaban J connectivity index is 2.62. The Hall–Kier alpha value is -0.920. The quantitative estimate of drug-likeness (QED) is 0.513. The molecule has 0 saturated heterocycles. The molecule has 1 rings (SSSR count). The molecule has 1 aliphatic heterocycles. The summed E-state index contributed by atoms with van der Waals surface area (Å²) in [5.41, 5.74) is 0. The standard InChI is InChI=1S/C18H32N2/c1-3-5-13-17-15-11-9-7-8-10-12-16-18(20-19-17)14-6-4-2/h9-12,17-18H,3-8,13-16H2,1-2H3. The lowest BCUT2D eigenvalue weighted by Gasteiger charge is -2.12. The van der Waals surface area contributed by atoms with E-state index in [1.807, 2.05) is 0 Å². The zero-order chi connectivity index (χ0) is 14.5. The average Bonchev–Trinajstić information content (AvgIpc) is 2.46. The van der Waals surface area contributed by atoms with Crippen LogP contribution in [0.1, 0.15) is 78.1 Å². The van der Waals surface area contributed by atoms with E-state index in [1.165, 1.54) is 38.5 Å². The third kappa shape index (κ3) is 8.29. The molecule has 2 atom stereocenters. The fraction of sp³-hybridized carbons (Fsp3) is 0.778. The molecule has 0 N–H and O–H groups in total. The maximum Gasteiger partial charge on any atom is 0.0742 e. The van der Waals surface area contributed by atoms with Crippen molar-refractivity contribution >= 4 is 0 Å². The van der Waals surface area contributed by atoms with Gasteiger partial charge in [0.15, 0.2) is 0 Å². The molecule has 1 aliphatic rings. The van der Waals surface area contributed by atoms with Crippen molar-refractivity contribution in [1.29, 1.82) is 0 Å². The Bertz CT molecular complexity index is 275. The highest BCUT2D eigenvalue weighted by molar-refractivity contribution is 4.92. The maximum absolute atomic E-state index is 4.67. The number of unbranched alkanes of at least 4 members (excludes halogenated alkanes) is 2. The summed E-state index contributed by atoms with van der Waals surface area (Å²) < 4.78 is 0. The minimum Gasteiger partial charge on any atom is -0.190 e. The smallest absolute Gasteiger partial charge is 0.0742 e. The topological polar surface area (TPSA) is 24.7 Å². The van der Waals surface area contributed by atoms with E-state index in [9.17, 15) is 0 Å². The van der Waals surface area contributed by atoms with Crippen LogP contribution in [0.25, 0.3) is 0 Å². The van der Waals surface area contributed by atoms with E-state index in [4.69, 9.17) is 0 Å². The van der Waals surface area contributed by atoms with Crippen molar-refractivity contribution in [2.45, 2.75) is 90.1 Å². The Morgan fingerprint density at radius 3 is 1.60 bits per heavy atom. The van der Waals surface area contributed by atoms with Crippen molar-refractivity contribution in [2.75, 3.05) is 0 Å². The van der Waals surface area contributed by atoms with Crippen LogP contribution in [-0.4, -0.2) is 12.1 Å². The van der Waals surface area contributed by atoms with Crippen molar-refractivity contribution in [3.8, 4) is 0 Å². The van der Waals surface area contributed by atoms with E-state index in [-0.39, 0.29) is 0 Å². The molecule has 0 aromatic carbocycles. The molecule has 20 heavy (non-hydrogen) atoms. The Kier molecular flexibility index (Phi) is 10.2. The number of nitrogens with zero attached hydrogens (tertiary/aromatic N) is 2. The molecule has 0 amide bonds. The van der Waals surface area contributed by atoms with Gasteiger partial charge in [-0.3, -0.25) is 0 Å². The third-order valence-corrected chi connectivity index (χ3v) is 3.82. The molecule has 0 fully saturated rings. The minimum absolute atomic E-state index is 0.402. The van der Waals surface area contributed by atoms with Gasteiger partial charge in [0, 0.05) is 0 Å². The van der Waals surface area contributed by atoms with Crippen LogP contribution in [0.5, 0.6) is 0 Å². The first-order valence-electron chi connectivity index (χ1n) is 8.56. The highest BCUT2D eigenvalue weighted by Gasteiger charge is 2.08. The van der Waals surface area contributed by atoms with E-state index in [0.29, 0.717) is 12.1 Å². The molecule has 0 bridgehead atoms. The van der Waals surface area contributed by atoms with Crippen LogP contribution < -0.4 is 0 Å². The lowest BCUT2D eigenvalue weighted by Crippen LogP contribution is -2.07. The van der Waals surface area contributed by atoms with Crippen LogP contribution in [0, 0.1) is 0 Å². The van der Waals surface area contributed by atoms with Crippen molar-refractivity contribution < 1.29 is 0 Å². The monoisotopic (exact) mass is 276 g/mol. The molecular formula is C18H32N2. The molecule has 0 aliphatic carbocycles. The third-order valence-electron chi connectivity index (χ3n) is 3.82. The zero-order valence-electron chi connectivity index (χ0n) is 13.4. The fourth-order valence-corrected chi connectivity index (χ4v) is 2.45. The van der Waals surface area contributed by atoms with Gasteiger partial charge in [0.1, 0.15) is 0 Å². The number of hydrogen-bond donors (Lipinski definition) is 0. The van der Waals surface area contributed by atoms with Gasteiger partial charge >= 0.3 is 0 Å². The first-order chi connectivity index (χ1) is 9.86. The van der Waals surface area contributed by atoms with Gasteiger partial charge < -0.3 is 0 Å². The molecular weight excluding hydrogens is 244 g/mol. The molecule has 1 heterocycles. The van der Waals surface area contributed by atoms with Crippen molar-refractivity contribution in [3.05, 3.63) is 24.3 Å². The summed E-state index contributed by atoms with van der Waals surface area (Å²) >= 11 is 0. The number of allylic oxidation sites excluding steroid dienone is 2. The van der Waals surface area contributed by atoms with E-state index in [1.54, 1.807) is 0 Å². The van der Waals surface area contributed by atoms with Crippen LogP contribution in [0.15, 0.2) is 34.5 Å². The highest BCUT2D eigenvalue weighted by atomic mass is 15.1. The molecule has 2 nitrogen and oxygen atoms in total. The highest BCUT2D eigenvalue weighted by Crippen LogP contribution is 2.16. The molecule has 114 valence electrons. The summed E-state index contributed by atoms with van der Waals surface area (Å²) in [6.45, 7) is 4.49. The van der Waals surface area contributed by atoms with Gasteiger partial charge in [-0.15, -0.1) is 0 Å². The molecule has 0 aromatic rings. The number of rotatable bonds is 6. The predicted molar refractivity (Wildman–Crippen MR) is 88.2 cm³/mol. The van der Waals surface area contributed by atoms with E-state index in [0.717, 1.165) is 25.7 Å².